The molecule has 1 atom stereocenters. The summed E-state index contributed by atoms with van der Waals surface area (Å²) in [5, 5.41) is 3.29. The van der Waals surface area contributed by atoms with Crippen molar-refractivity contribution >= 4 is 0 Å². The molecule has 0 radical (unpaired) electrons. The van der Waals surface area contributed by atoms with Crippen LogP contribution in [0.25, 0.3) is 0 Å². The van der Waals surface area contributed by atoms with Gasteiger partial charge in [-0.1, -0.05) is 25.1 Å². The Labute approximate surface area is 122 Å². The van der Waals surface area contributed by atoms with Crippen LogP contribution in [-0.4, -0.2) is 25.9 Å². The van der Waals surface area contributed by atoms with Crippen molar-refractivity contribution in [2.75, 3.05) is 19.8 Å². The minimum Gasteiger partial charge on any atom is -0.372 e. The molecule has 0 aliphatic carbocycles. The van der Waals surface area contributed by atoms with Crippen LogP contribution in [0.2, 0.25) is 0 Å². The van der Waals surface area contributed by atoms with E-state index in [0.717, 1.165) is 17.7 Å². The zero-order valence-electron chi connectivity index (χ0n) is 12.0. The summed E-state index contributed by atoms with van der Waals surface area (Å²) in [6.07, 6.45) is -3.76. The Kier molecular flexibility index (Phi) is 5.61. The molecule has 1 aliphatic rings. The number of fused-ring (bicyclic) bond motifs is 1. The second-order valence-corrected chi connectivity index (χ2v) is 5.09. The van der Waals surface area contributed by atoms with Gasteiger partial charge in [0.2, 0.25) is 0 Å². The monoisotopic (exact) mass is 303 g/mol. The summed E-state index contributed by atoms with van der Waals surface area (Å²) in [5.41, 5.74) is 3.41. The Bertz CT molecular complexity index is 463. The molecular formula is C15H20F3NO2. The molecule has 0 spiro atoms. The number of hydrogen-bond acceptors (Lipinski definition) is 3. The van der Waals surface area contributed by atoms with E-state index in [4.69, 9.17) is 9.47 Å². The molecule has 21 heavy (non-hydrogen) atoms. The molecule has 1 aromatic carbocycles. The van der Waals surface area contributed by atoms with E-state index >= 15 is 0 Å². The lowest BCUT2D eigenvalue weighted by molar-refractivity contribution is -0.174. The Morgan fingerprint density at radius 3 is 2.76 bits per heavy atom. The summed E-state index contributed by atoms with van der Waals surface area (Å²) in [4.78, 5) is 0. The van der Waals surface area contributed by atoms with E-state index in [-0.39, 0.29) is 12.6 Å². The van der Waals surface area contributed by atoms with Gasteiger partial charge < -0.3 is 14.8 Å². The smallest absolute Gasteiger partial charge is 0.372 e. The molecule has 0 fully saturated rings. The quantitative estimate of drug-likeness (QED) is 0.784. The summed E-state index contributed by atoms with van der Waals surface area (Å²) < 4.78 is 46.2. The van der Waals surface area contributed by atoms with Gasteiger partial charge in [-0.3, -0.25) is 0 Å². The van der Waals surface area contributed by atoms with Gasteiger partial charge >= 0.3 is 6.18 Å². The average molecular weight is 303 g/mol. The molecule has 118 valence electrons. The largest absolute Gasteiger partial charge is 0.411 e. The first-order valence-corrected chi connectivity index (χ1v) is 7.07. The molecule has 0 saturated carbocycles. The predicted octanol–water partition coefficient (Wildman–Crippen LogP) is 3.34. The fraction of sp³-hybridized carbons (Fsp3) is 0.600. The van der Waals surface area contributed by atoms with Gasteiger partial charge in [-0.15, -0.1) is 0 Å². The van der Waals surface area contributed by atoms with Crippen LogP contribution < -0.4 is 5.32 Å². The number of nitrogens with one attached hydrogen (secondary N) is 1. The lowest BCUT2D eigenvalue weighted by Gasteiger charge is -2.19. The van der Waals surface area contributed by atoms with Crippen LogP contribution in [0.5, 0.6) is 0 Å². The van der Waals surface area contributed by atoms with Crippen molar-refractivity contribution in [3.63, 3.8) is 0 Å². The molecule has 1 aliphatic heterocycles. The molecule has 3 nitrogen and oxygen atoms in total. The van der Waals surface area contributed by atoms with Crippen molar-refractivity contribution in [3.05, 3.63) is 34.9 Å². The lowest BCUT2D eigenvalue weighted by Crippen LogP contribution is -2.24. The summed E-state index contributed by atoms with van der Waals surface area (Å²) in [5.74, 6) is 0. The second kappa shape index (κ2) is 7.24. The third kappa shape index (κ3) is 4.98. The Balaban J connectivity index is 1.92. The molecule has 1 unspecified atom stereocenters. The highest BCUT2D eigenvalue weighted by Crippen LogP contribution is 2.25. The van der Waals surface area contributed by atoms with Crippen LogP contribution in [0.4, 0.5) is 13.2 Å². The topological polar surface area (TPSA) is 30.5 Å². The first-order chi connectivity index (χ1) is 9.99. The predicted molar refractivity (Wildman–Crippen MR) is 72.8 cm³/mol. The molecule has 0 aromatic heterocycles. The van der Waals surface area contributed by atoms with Crippen molar-refractivity contribution in [1.82, 2.24) is 5.32 Å². The van der Waals surface area contributed by atoms with Gasteiger partial charge in [-0.2, -0.15) is 13.2 Å². The van der Waals surface area contributed by atoms with Crippen molar-refractivity contribution in [1.29, 1.82) is 0 Å². The maximum absolute atomic E-state index is 12.0. The van der Waals surface area contributed by atoms with Gasteiger partial charge in [-0.25, -0.2) is 0 Å². The Morgan fingerprint density at radius 2 is 2.05 bits per heavy atom. The molecule has 1 N–H and O–H groups in total. The number of hydrogen-bond donors (Lipinski definition) is 1. The van der Waals surface area contributed by atoms with E-state index in [2.05, 4.69) is 11.4 Å². The summed E-state index contributed by atoms with van der Waals surface area (Å²) >= 11 is 0. The van der Waals surface area contributed by atoms with E-state index in [1.165, 1.54) is 5.56 Å². The Hall–Kier alpha value is -1.11. The van der Waals surface area contributed by atoms with Crippen molar-refractivity contribution in [2.45, 2.75) is 38.8 Å². The van der Waals surface area contributed by atoms with E-state index < -0.39 is 12.8 Å². The van der Waals surface area contributed by atoms with Gasteiger partial charge in [-0.05, 0) is 29.7 Å². The average Bonchev–Trinajstić information content (AvgIpc) is 2.88. The maximum Gasteiger partial charge on any atom is 0.411 e. The molecule has 1 heterocycles. The normalized spacial score (nSPS) is 16.0. The Morgan fingerprint density at radius 1 is 1.29 bits per heavy atom. The van der Waals surface area contributed by atoms with Crippen LogP contribution in [0.15, 0.2) is 18.2 Å². The number of halogens is 3. The highest BCUT2D eigenvalue weighted by Gasteiger charge is 2.27. The fourth-order valence-electron chi connectivity index (χ4n) is 2.43. The van der Waals surface area contributed by atoms with Crippen LogP contribution in [0.1, 0.15) is 36.1 Å². The first kappa shape index (κ1) is 16.3. The van der Waals surface area contributed by atoms with Gasteiger partial charge in [0.05, 0.1) is 13.2 Å². The zero-order valence-corrected chi connectivity index (χ0v) is 12.0. The van der Waals surface area contributed by atoms with Gasteiger partial charge in [0.25, 0.3) is 0 Å². The van der Waals surface area contributed by atoms with Crippen LogP contribution >= 0.6 is 0 Å². The lowest BCUT2D eigenvalue weighted by atomic mass is 9.99. The molecule has 0 amide bonds. The molecule has 2 rings (SSSR count). The maximum atomic E-state index is 12.0. The molecule has 0 saturated heterocycles. The van der Waals surface area contributed by atoms with Crippen molar-refractivity contribution < 1.29 is 22.6 Å². The van der Waals surface area contributed by atoms with Gasteiger partial charge in [0, 0.05) is 12.6 Å². The van der Waals surface area contributed by atoms with E-state index in [0.29, 0.717) is 19.6 Å². The zero-order chi connectivity index (χ0) is 15.3. The highest BCUT2D eigenvalue weighted by atomic mass is 19.4. The van der Waals surface area contributed by atoms with Crippen LogP contribution in [0, 0.1) is 0 Å². The molecule has 1 aromatic rings. The van der Waals surface area contributed by atoms with Crippen LogP contribution in [-0.2, 0) is 22.7 Å². The molecule has 6 heteroatoms. The van der Waals surface area contributed by atoms with Crippen molar-refractivity contribution in [2.24, 2.45) is 0 Å². The SMILES string of the molecule is CCNC(CCOCC(F)(F)F)c1ccc2c(c1)COC2. The second-order valence-electron chi connectivity index (χ2n) is 5.09. The summed E-state index contributed by atoms with van der Waals surface area (Å²) in [6.45, 7) is 2.84. The van der Waals surface area contributed by atoms with Crippen LogP contribution in [0.3, 0.4) is 0 Å². The summed E-state index contributed by atoms with van der Waals surface area (Å²) in [6, 6.07) is 6.09. The number of benzene rings is 1. The third-order valence-corrected chi connectivity index (χ3v) is 3.41. The van der Waals surface area contributed by atoms with Gasteiger partial charge in [0.15, 0.2) is 0 Å². The molecule has 0 bridgehead atoms. The first-order valence-electron chi connectivity index (χ1n) is 7.07. The third-order valence-electron chi connectivity index (χ3n) is 3.41. The fourth-order valence-corrected chi connectivity index (χ4v) is 2.43. The standard InChI is InChI=1S/C15H20F3NO2/c1-2-19-14(5-6-20-10-15(16,17)18)11-3-4-12-8-21-9-13(12)7-11/h3-4,7,14,19H,2,5-6,8-10H2,1H3. The number of rotatable bonds is 7. The van der Waals surface area contributed by atoms with E-state index in [9.17, 15) is 13.2 Å². The number of ether oxygens (including phenoxy) is 2. The van der Waals surface area contributed by atoms with Gasteiger partial charge in [0.1, 0.15) is 6.61 Å². The minimum atomic E-state index is -4.27. The molecular weight excluding hydrogens is 283 g/mol. The van der Waals surface area contributed by atoms with E-state index in [1.54, 1.807) is 0 Å². The van der Waals surface area contributed by atoms with Crippen molar-refractivity contribution in [3.8, 4) is 0 Å². The van der Waals surface area contributed by atoms with E-state index in [1.807, 2.05) is 19.1 Å². The number of alkyl halides is 3. The minimum absolute atomic E-state index is 0.00543. The summed E-state index contributed by atoms with van der Waals surface area (Å²) in [7, 11) is 0. The highest BCUT2D eigenvalue weighted by molar-refractivity contribution is 5.34.